The average Bonchev–Trinajstić information content (AvgIpc) is 2.10. The van der Waals surface area contributed by atoms with Crippen molar-refractivity contribution < 1.29 is 13.9 Å². The Morgan fingerprint density at radius 2 is 2.18 bits per heavy atom. The molecule has 0 aromatic rings. The van der Waals surface area contributed by atoms with E-state index in [9.17, 15) is 13.9 Å². The fourth-order valence-corrected chi connectivity index (χ4v) is 1.54. The zero-order valence-corrected chi connectivity index (χ0v) is 7.74. The zero-order chi connectivity index (χ0) is 8.70. The topological polar surface area (TPSA) is 23.5 Å². The summed E-state index contributed by atoms with van der Waals surface area (Å²) in [6, 6.07) is 0. The maximum absolute atomic E-state index is 12.6. The van der Waals surface area contributed by atoms with Crippen molar-refractivity contribution in [2.45, 2.75) is 16.9 Å². The zero-order valence-electron chi connectivity index (χ0n) is 6.15. The normalized spacial score (nSPS) is 34.6. The van der Waals surface area contributed by atoms with Crippen LogP contribution in [0.25, 0.3) is 0 Å². The third-order valence-corrected chi connectivity index (χ3v) is 2.70. The number of halogens is 3. The molecule has 0 aliphatic carbocycles. The fourth-order valence-electron chi connectivity index (χ4n) is 1.21. The summed E-state index contributed by atoms with van der Waals surface area (Å²) in [5.41, 5.74) is -1.89. The van der Waals surface area contributed by atoms with Crippen molar-refractivity contribution in [3.8, 4) is 0 Å². The van der Waals surface area contributed by atoms with Crippen LogP contribution >= 0.6 is 15.9 Å². The van der Waals surface area contributed by atoms with Crippen LogP contribution < -0.4 is 0 Å². The molecule has 0 saturated carbocycles. The summed E-state index contributed by atoms with van der Waals surface area (Å²) in [6.45, 7) is 0.531. The van der Waals surface area contributed by atoms with E-state index in [0.29, 0.717) is 6.54 Å². The summed E-state index contributed by atoms with van der Waals surface area (Å²) < 4.78 is 25.2. The molecule has 2 nitrogen and oxygen atoms in total. The molecule has 0 spiro atoms. The monoisotopic (exact) mass is 229 g/mol. The number of nitrogens with zero attached hydrogens (tertiary/aromatic N) is 1. The molecule has 1 N–H and O–H groups in total. The van der Waals surface area contributed by atoms with Crippen LogP contribution in [-0.4, -0.2) is 40.6 Å². The van der Waals surface area contributed by atoms with E-state index in [1.54, 1.807) is 11.9 Å². The third kappa shape index (κ3) is 1.71. The summed E-state index contributed by atoms with van der Waals surface area (Å²) in [5.74, 6) is 0. The van der Waals surface area contributed by atoms with Crippen LogP contribution in [0.4, 0.5) is 8.78 Å². The number of alkyl halides is 3. The maximum Gasteiger partial charge on any atom is 0.330 e. The Kier molecular flexibility index (Phi) is 2.24. The fraction of sp³-hybridized carbons (Fsp3) is 1.00. The summed E-state index contributed by atoms with van der Waals surface area (Å²) in [7, 11) is 1.71. The predicted molar refractivity (Wildman–Crippen MR) is 40.9 cm³/mol. The molecule has 66 valence electrons. The van der Waals surface area contributed by atoms with E-state index in [0.717, 1.165) is 0 Å². The summed E-state index contributed by atoms with van der Waals surface area (Å²) >= 11 is 2.18. The van der Waals surface area contributed by atoms with Gasteiger partial charge in [-0.25, -0.2) is 0 Å². The van der Waals surface area contributed by atoms with E-state index in [2.05, 4.69) is 15.9 Å². The lowest BCUT2D eigenvalue weighted by molar-refractivity contribution is -0.106. The van der Waals surface area contributed by atoms with Crippen LogP contribution in [0, 0.1) is 0 Å². The minimum atomic E-state index is -3.18. The van der Waals surface area contributed by atoms with Gasteiger partial charge >= 0.3 is 4.83 Å². The minimum absolute atomic E-state index is 0.0191. The molecular formula is C6H10BrF2NO. The number of β-amino-alcohol motifs (C(OH)–C–C–N with tert-alkyl or cyclic N) is 1. The number of hydrogen-bond donors (Lipinski definition) is 1. The van der Waals surface area contributed by atoms with E-state index in [1.165, 1.54) is 0 Å². The van der Waals surface area contributed by atoms with Crippen LogP contribution in [0.5, 0.6) is 0 Å². The molecule has 0 aromatic heterocycles. The van der Waals surface area contributed by atoms with Crippen molar-refractivity contribution in [1.82, 2.24) is 4.90 Å². The molecule has 1 aliphatic heterocycles. The van der Waals surface area contributed by atoms with E-state index in [1.807, 2.05) is 0 Å². The number of hydrogen-bond acceptors (Lipinski definition) is 2. The second kappa shape index (κ2) is 2.64. The lowest BCUT2D eigenvalue weighted by Gasteiger charge is -2.27. The maximum atomic E-state index is 12.6. The highest BCUT2D eigenvalue weighted by atomic mass is 79.9. The first kappa shape index (κ1) is 9.35. The molecule has 0 amide bonds. The van der Waals surface area contributed by atoms with Crippen molar-refractivity contribution in [3.63, 3.8) is 0 Å². The number of aliphatic hydroxyl groups is 1. The van der Waals surface area contributed by atoms with Gasteiger partial charge in [0.15, 0.2) is 5.60 Å². The van der Waals surface area contributed by atoms with Gasteiger partial charge in [0.25, 0.3) is 0 Å². The van der Waals surface area contributed by atoms with Crippen molar-refractivity contribution in [3.05, 3.63) is 0 Å². The molecule has 1 rings (SSSR count). The molecule has 1 heterocycles. The van der Waals surface area contributed by atoms with Gasteiger partial charge in [0.2, 0.25) is 0 Å². The Labute approximate surface area is 72.3 Å². The molecule has 0 radical (unpaired) electrons. The molecule has 0 aromatic carbocycles. The molecule has 1 fully saturated rings. The second-order valence-electron chi connectivity index (χ2n) is 3.02. The Balaban J connectivity index is 2.69. The standard InChI is InChI=1S/C6H10BrF2NO/c1-10-3-2-5(11,4-10)6(7,8)9/h11H,2-4H2,1H3. The predicted octanol–water partition coefficient (Wildman–Crippen LogP) is 1.04. The number of likely N-dealkylation sites (tertiary alicyclic amines) is 1. The van der Waals surface area contributed by atoms with Crippen LogP contribution in [0.2, 0.25) is 0 Å². The van der Waals surface area contributed by atoms with Gasteiger partial charge in [-0.1, -0.05) is 0 Å². The first-order valence-corrected chi connectivity index (χ1v) is 4.12. The summed E-state index contributed by atoms with van der Waals surface area (Å²) in [4.78, 5) is -1.50. The van der Waals surface area contributed by atoms with Crippen LogP contribution in [0.3, 0.4) is 0 Å². The second-order valence-corrected chi connectivity index (χ2v) is 4.01. The average molecular weight is 230 g/mol. The summed E-state index contributed by atoms with van der Waals surface area (Å²) in [6.07, 6.45) is 0.113. The van der Waals surface area contributed by atoms with Crippen molar-refractivity contribution in [2.24, 2.45) is 0 Å². The van der Waals surface area contributed by atoms with E-state index < -0.39 is 10.4 Å². The van der Waals surface area contributed by atoms with Gasteiger partial charge in [-0.3, -0.25) is 0 Å². The van der Waals surface area contributed by atoms with Gasteiger partial charge in [0, 0.05) is 13.1 Å². The molecular weight excluding hydrogens is 220 g/mol. The first-order valence-electron chi connectivity index (χ1n) is 3.33. The molecule has 1 atom stereocenters. The van der Waals surface area contributed by atoms with Gasteiger partial charge < -0.3 is 10.0 Å². The van der Waals surface area contributed by atoms with E-state index in [-0.39, 0.29) is 13.0 Å². The molecule has 1 aliphatic rings. The van der Waals surface area contributed by atoms with Gasteiger partial charge in [-0.15, -0.1) is 0 Å². The Bertz CT molecular complexity index is 161. The molecule has 11 heavy (non-hydrogen) atoms. The summed E-state index contributed by atoms with van der Waals surface area (Å²) in [5, 5.41) is 9.36. The molecule has 0 bridgehead atoms. The van der Waals surface area contributed by atoms with Crippen LogP contribution in [0.15, 0.2) is 0 Å². The Hall–Kier alpha value is 0.260. The van der Waals surface area contributed by atoms with Crippen LogP contribution in [-0.2, 0) is 0 Å². The van der Waals surface area contributed by atoms with Crippen molar-refractivity contribution in [2.75, 3.05) is 20.1 Å². The van der Waals surface area contributed by atoms with E-state index in [4.69, 9.17) is 0 Å². The smallest absolute Gasteiger partial charge is 0.330 e. The minimum Gasteiger partial charge on any atom is -0.381 e. The van der Waals surface area contributed by atoms with Gasteiger partial charge in [0.1, 0.15) is 0 Å². The highest BCUT2D eigenvalue weighted by Gasteiger charge is 2.53. The number of rotatable bonds is 1. The van der Waals surface area contributed by atoms with Crippen molar-refractivity contribution >= 4 is 15.9 Å². The first-order chi connectivity index (χ1) is 4.85. The van der Waals surface area contributed by atoms with E-state index >= 15 is 0 Å². The highest BCUT2D eigenvalue weighted by Crippen LogP contribution is 2.40. The molecule has 5 heteroatoms. The highest BCUT2D eigenvalue weighted by molar-refractivity contribution is 9.10. The largest absolute Gasteiger partial charge is 0.381 e. The molecule has 1 unspecified atom stereocenters. The SMILES string of the molecule is CN1CCC(O)(C(F)(F)Br)C1. The third-order valence-electron chi connectivity index (χ3n) is 1.97. The Morgan fingerprint density at radius 1 is 1.64 bits per heavy atom. The van der Waals surface area contributed by atoms with Crippen LogP contribution in [0.1, 0.15) is 6.42 Å². The number of likely N-dealkylation sites (N-methyl/N-ethyl adjacent to an activating group) is 1. The molecule has 1 saturated heterocycles. The van der Waals surface area contributed by atoms with Crippen molar-refractivity contribution in [1.29, 1.82) is 0 Å². The Morgan fingerprint density at radius 3 is 2.36 bits per heavy atom. The lowest BCUT2D eigenvalue weighted by atomic mass is 10.1. The lowest BCUT2D eigenvalue weighted by Crippen LogP contribution is -2.45. The van der Waals surface area contributed by atoms with Gasteiger partial charge in [-0.05, 0) is 29.4 Å². The van der Waals surface area contributed by atoms with Gasteiger partial charge in [0.05, 0.1) is 0 Å². The van der Waals surface area contributed by atoms with Gasteiger partial charge in [-0.2, -0.15) is 8.78 Å². The quantitative estimate of drug-likeness (QED) is 0.680.